The third-order valence-corrected chi connectivity index (χ3v) is 10.7. The first-order valence-corrected chi connectivity index (χ1v) is 16.6. The van der Waals surface area contributed by atoms with Crippen molar-refractivity contribution in [3.63, 3.8) is 0 Å². The number of hydrogen-bond donors (Lipinski definition) is 0. The van der Waals surface area contributed by atoms with Gasteiger partial charge in [0.25, 0.3) is 0 Å². The Morgan fingerprint density at radius 2 is 1.02 bits per heavy atom. The van der Waals surface area contributed by atoms with Crippen LogP contribution in [0.4, 0.5) is 0 Å². The van der Waals surface area contributed by atoms with Crippen molar-refractivity contribution in [2.45, 2.75) is 9.79 Å². The molecule has 0 unspecified atom stereocenters. The Bertz CT molecular complexity index is 2640. The highest BCUT2D eigenvalue weighted by Gasteiger charge is 2.19. The molecule has 0 fully saturated rings. The summed E-state index contributed by atoms with van der Waals surface area (Å²) in [6.07, 6.45) is 0. The highest BCUT2D eigenvalue weighted by atomic mass is 32.2. The van der Waals surface area contributed by atoms with E-state index in [1.807, 2.05) is 11.8 Å². The van der Waals surface area contributed by atoms with Gasteiger partial charge in [0.2, 0.25) is 0 Å². The van der Waals surface area contributed by atoms with E-state index in [9.17, 15) is 0 Å². The second-order valence-electron chi connectivity index (χ2n) is 12.1. The normalized spacial score (nSPS) is 12.3. The lowest BCUT2D eigenvalue weighted by Gasteiger charge is -2.21. The van der Waals surface area contributed by atoms with Gasteiger partial charge in [-0.25, -0.2) is 0 Å². The van der Waals surface area contributed by atoms with Crippen LogP contribution in [0.15, 0.2) is 174 Å². The molecule has 0 saturated heterocycles. The Labute approximate surface area is 271 Å². The van der Waals surface area contributed by atoms with E-state index in [2.05, 4.69) is 168 Å². The molecular formula is C44H27NS. The molecule has 2 heterocycles. The van der Waals surface area contributed by atoms with Gasteiger partial charge in [-0.05, 0) is 92.0 Å². The minimum Gasteiger partial charge on any atom is -0.309 e. The Kier molecular flexibility index (Phi) is 5.58. The highest BCUT2D eigenvalue weighted by Crippen LogP contribution is 2.48. The maximum Gasteiger partial charge on any atom is 0.0547 e. The summed E-state index contributed by atoms with van der Waals surface area (Å²) in [6.45, 7) is 0. The van der Waals surface area contributed by atoms with E-state index < -0.39 is 0 Å². The summed E-state index contributed by atoms with van der Waals surface area (Å²) in [7, 11) is 0. The molecule has 0 N–H and O–H groups in total. The number of aromatic nitrogens is 1. The smallest absolute Gasteiger partial charge is 0.0547 e. The predicted molar refractivity (Wildman–Crippen MR) is 196 cm³/mol. The molecule has 1 aliphatic rings. The standard InChI is InChI=1S/C44H27NS/c1-2-10-35-31(7-1)21-25-40-44(35)37-11-3-4-13-39(37)45(40)34-23-19-29(20-24-34)28-15-17-30(18-16-28)33-22-26-41-38(27-33)36-12-5-8-32-9-6-14-42(46-41)43(32)36/h1-27H. The molecule has 9 aromatic rings. The van der Waals surface area contributed by atoms with Crippen LogP contribution < -0.4 is 0 Å². The topological polar surface area (TPSA) is 4.93 Å². The van der Waals surface area contributed by atoms with Gasteiger partial charge in [0.1, 0.15) is 0 Å². The summed E-state index contributed by atoms with van der Waals surface area (Å²) in [5.74, 6) is 0. The molecular weight excluding hydrogens is 575 g/mol. The van der Waals surface area contributed by atoms with Crippen molar-refractivity contribution in [3.8, 4) is 39.1 Å². The lowest BCUT2D eigenvalue weighted by molar-refractivity contribution is 1.18. The zero-order valence-corrected chi connectivity index (χ0v) is 25.8. The molecule has 1 aliphatic heterocycles. The number of benzene rings is 8. The quantitative estimate of drug-likeness (QED) is 0.195. The minimum atomic E-state index is 1.17. The van der Waals surface area contributed by atoms with E-state index in [1.54, 1.807) is 0 Å². The van der Waals surface area contributed by atoms with Gasteiger partial charge in [0.05, 0.1) is 11.0 Å². The molecule has 10 rings (SSSR count). The van der Waals surface area contributed by atoms with Crippen LogP contribution >= 0.6 is 11.8 Å². The Morgan fingerprint density at radius 1 is 0.370 bits per heavy atom. The largest absolute Gasteiger partial charge is 0.309 e. The second-order valence-corrected chi connectivity index (χ2v) is 13.2. The average Bonchev–Trinajstić information content (AvgIpc) is 3.47. The molecule has 0 spiro atoms. The van der Waals surface area contributed by atoms with E-state index in [0.29, 0.717) is 0 Å². The Hall–Kier alpha value is -5.57. The zero-order valence-electron chi connectivity index (χ0n) is 24.9. The molecule has 0 aliphatic carbocycles. The average molecular weight is 602 g/mol. The van der Waals surface area contributed by atoms with Crippen molar-refractivity contribution in [1.29, 1.82) is 0 Å². The highest BCUT2D eigenvalue weighted by molar-refractivity contribution is 7.99. The molecule has 46 heavy (non-hydrogen) atoms. The summed E-state index contributed by atoms with van der Waals surface area (Å²) in [5.41, 5.74) is 11.2. The van der Waals surface area contributed by atoms with Crippen LogP contribution in [0.25, 0.3) is 82.4 Å². The summed E-state index contributed by atoms with van der Waals surface area (Å²) in [6, 6.07) is 60.2. The summed E-state index contributed by atoms with van der Waals surface area (Å²) in [5, 5.41) is 7.85. The molecule has 1 aromatic heterocycles. The Balaban J connectivity index is 1.00. The van der Waals surface area contributed by atoms with Gasteiger partial charge in [-0.1, -0.05) is 133 Å². The van der Waals surface area contributed by atoms with E-state index in [0.717, 1.165) is 0 Å². The fourth-order valence-corrected chi connectivity index (χ4v) is 8.55. The van der Waals surface area contributed by atoms with Gasteiger partial charge >= 0.3 is 0 Å². The number of hydrogen-bond acceptors (Lipinski definition) is 1. The lowest BCUT2D eigenvalue weighted by atomic mass is 9.94. The summed E-state index contributed by atoms with van der Waals surface area (Å²) in [4.78, 5) is 2.67. The monoisotopic (exact) mass is 601 g/mol. The number of rotatable bonds is 3. The van der Waals surface area contributed by atoms with Crippen molar-refractivity contribution >= 4 is 55.1 Å². The molecule has 0 radical (unpaired) electrons. The number of para-hydroxylation sites is 1. The fraction of sp³-hybridized carbons (Fsp3) is 0. The maximum absolute atomic E-state index is 2.40. The summed E-state index contributed by atoms with van der Waals surface area (Å²) >= 11 is 1.88. The van der Waals surface area contributed by atoms with Crippen LogP contribution in [0.2, 0.25) is 0 Å². The molecule has 1 nitrogen and oxygen atoms in total. The van der Waals surface area contributed by atoms with E-state index in [4.69, 9.17) is 0 Å². The zero-order chi connectivity index (χ0) is 30.2. The van der Waals surface area contributed by atoms with E-state index >= 15 is 0 Å². The van der Waals surface area contributed by atoms with E-state index in [1.165, 1.54) is 92.2 Å². The van der Waals surface area contributed by atoms with Gasteiger partial charge in [-0.15, -0.1) is 0 Å². The SMILES string of the molecule is c1cc2c3c(cccc3c1)-c1cc(-c3ccc(-c4ccc(-n5c6ccccc6c6c7ccccc7ccc65)cc4)cc3)ccc1S2. The third-order valence-electron chi connectivity index (χ3n) is 9.60. The van der Waals surface area contributed by atoms with Crippen molar-refractivity contribution in [3.05, 3.63) is 164 Å². The maximum atomic E-state index is 2.40. The predicted octanol–water partition coefficient (Wildman–Crippen LogP) is 12.6. The Morgan fingerprint density at radius 3 is 1.85 bits per heavy atom. The number of nitrogens with zero attached hydrogens (tertiary/aromatic N) is 1. The molecule has 2 heteroatoms. The fourth-order valence-electron chi connectivity index (χ4n) is 7.42. The molecule has 0 amide bonds. The molecule has 214 valence electrons. The summed E-state index contributed by atoms with van der Waals surface area (Å²) < 4.78 is 2.40. The van der Waals surface area contributed by atoms with Gasteiger partial charge in [0.15, 0.2) is 0 Å². The van der Waals surface area contributed by atoms with Crippen LogP contribution in [0.1, 0.15) is 0 Å². The lowest BCUT2D eigenvalue weighted by Crippen LogP contribution is -1.94. The first kappa shape index (κ1) is 25.7. The second kappa shape index (κ2) is 9.97. The van der Waals surface area contributed by atoms with Crippen molar-refractivity contribution in [1.82, 2.24) is 4.57 Å². The third kappa shape index (κ3) is 3.84. The van der Waals surface area contributed by atoms with Crippen molar-refractivity contribution < 1.29 is 0 Å². The van der Waals surface area contributed by atoms with Crippen LogP contribution in [0, 0.1) is 0 Å². The molecule has 0 saturated carbocycles. The van der Waals surface area contributed by atoms with Crippen molar-refractivity contribution in [2.75, 3.05) is 0 Å². The number of fused-ring (bicyclic) bond motifs is 7. The van der Waals surface area contributed by atoms with Crippen LogP contribution in [0.5, 0.6) is 0 Å². The minimum absolute atomic E-state index is 1.17. The van der Waals surface area contributed by atoms with Crippen LogP contribution in [0.3, 0.4) is 0 Å². The van der Waals surface area contributed by atoms with Crippen LogP contribution in [-0.2, 0) is 0 Å². The van der Waals surface area contributed by atoms with Gasteiger partial charge in [-0.3, -0.25) is 0 Å². The van der Waals surface area contributed by atoms with Gasteiger partial charge in [0, 0.05) is 31.6 Å². The molecule has 0 atom stereocenters. The van der Waals surface area contributed by atoms with Crippen molar-refractivity contribution in [2.24, 2.45) is 0 Å². The van der Waals surface area contributed by atoms with E-state index in [-0.39, 0.29) is 0 Å². The molecule has 8 aromatic carbocycles. The van der Waals surface area contributed by atoms with Crippen LogP contribution in [-0.4, -0.2) is 4.57 Å². The van der Waals surface area contributed by atoms with Gasteiger partial charge in [-0.2, -0.15) is 0 Å². The first-order valence-electron chi connectivity index (χ1n) is 15.8. The first-order chi connectivity index (χ1) is 22.8. The molecule has 0 bridgehead atoms. The van der Waals surface area contributed by atoms with Gasteiger partial charge < -0.3 is 4.57 Å².